The third-order valence-electron chi connectivity index (χ3n) is 2.51. The van der Waals surface area contributed by atoms with Crippen LogP contribution in [0.5, 0.6) is 0 Å². The molecule has 0 fully saturated rings. The van der Waals surface area contributed by atoms with E-state index in [1.807, 2.05) is 6.92 Å². The van der Waals surface area contributed by atoms with Crippen molar-refractivity contribution in [3.8, 4) is 0 Å². The largest absolute Gasteiger partial charge is 0.480 e. The monoisotopic (exact) mass is 261 g/mol. The van der Waals surface area contributed by atoms with E-state index in [-0.39, 0.29) is 5.91 Å². The van der Waals surface area contributed by atoms with E-state index in [9.17, 15) is 9.59 Å². The molecule has 0 aromatic heterocycles. The van der Waals surface area contributed by atoms with Crippen LogP contribution in [0.4, 0.5) is 0 Å². The van der Waals surface area contributed by atoms with Crippen LogP contribution in [0.15, 0.2) is 0 Å². The lowest BCUT2D eigenvalue weighted by atomic mass is 9.96. The molecule has 0 aromatic rings. The van der Waals surface area contributed by atoms with Crippen LogP contribution >= 0.6 is 11.8 Å². The average molecular weight is 261 g/mol. The van der Waals surface area contributed by atoms with Crippen molar-refractivity contribution in [2.45, 2.75) is 52.0 Å². The number of rotatable bonds is 9. The van der Waals surface area contributed by atoms with E-state index in [1.165, 1.54) is 0 Å². The SMILES string of the molecule is CCCCSCC(=O)NC(C)(CCC)C(=O)O. The van der Waals surface area contributed by atoms with Gasteiger partial charge in [-0.05, 0) is 25.5 Å². The Balaban J connectivity index is 4.09. The zero-order chi connectivity index (χ0) is 13.3. The second-order valence-corrected chi connectivity index (χ2v) is 5.45. The normalized spacial score (nSPS) is 14.1. The molecule has 1 unspecified atom stereocenters. The van der Waals surface area contributed by atoms with Gasteiger partial charge >= 0.3 is 5.97 Å². The highest BCUT2D eigenvalue weighted by Crippen LogP contribution is 2.13. The van der Waals surface area contributed by atoms with Crippen LogP contribution in [0.1, 0.15) is 46.5 Å². The Bertz CT molecular complexity index is 258. The highest BCUT2D eigenvalue weighted by atomic mass is 32.2. The molecule has 0 radical (unpaired) electrons. The molecule has 0 spiro atoms. The van der Waals surface area contributed by atoms with Gasteiger partial charge in [-0.3, -0.25) is 4.79 Å². The van der Waals surface area contributed by atoms with Crippen LogP contribution in [0.25, 0.3) is 0 Å². The second-order valence-electron chi connectivity index (χ2n) is 4.34. The zero-order valence-electron chi connectivity index (χ0n) is 10.9. The molecule has 0 aromatic carbocycles. The summed E-state index contributed by atoms with van der Waals surface area (Å²) in [5.41, 5.74) is -1.13. The minimum atomic E-state index is -1.13. The molecule has 0 aliphatic carbocycles. The summed E-state index contributed by atoms with van der Waals surface area (Å²) in [6.07, 6.45) is 3.38. The van der Waals surface area contributed by atoms with E-state index in [2.05, 4.69) is 12.2 Å². The number of hydrogen-bond donors (Lipinski definition) is 2. The molecule has 0 bridgehead atoms. The number of carbonyl (C=O) groups is 2. The Hall–Kier alpha value is -0.710. The van der Waals surface area contributed by atoms with Gasteiger partial charge in [0, 0.05) is 0 Å². The van der Waals surface area contributed by atoms with Crippen molar-refractivity contribution >= 4 is 23.6 Å². The molecule has 1 amide bonds. The quantitative estimate of drug-likeness (QED) is 0.625. The highest BCUT2D eigenvalue weighted by Gasteiger charge is 2.33. The molecule has 0 rings (SSSR count). The van der Waals surface area contributed by atoms with Crippen LogP contribution in [0, 0.1) is 0 Å². The maximum Gasteiger partial charge on any atom is 0.329 e. The third kappa shape index (κ3) is 6.56. The van der Waals surface area contributed by atoms with Gasteiger partial charge in [0.15, 0.2) is 0 Å². The van der Waals surface area contributed by atoms with Gasteiger partial charge < -0.3 is 10.4 Å². The maximum atomic E-state index is 11.6. The Morgan fingerprint density at radius 3 is 2.41 bits per heavy atom. The third-order valence-corrected chi connectivity index (χ3v) is 3.56. The van der Waals surface area contributed by atoms with Gasteiger partial charge in [0.2, 0.25) is 5.91 Å². The number of amides is 1. The first kappa shape index (κ1) is 16.3. The molecular formula is C12H23NO3S. The molecule has 5 heteroatoms. The number of carbonyl (C=O) groups excluding carboxylic acids is 1. The Morgan fingerprint density at radius 1 is 1.29 bits per heavy atom. The fourth-order valence-electron chi connectivity index (χ4n) is 1.48. The summed E-state index contributed by atoms with van der Waals surface area (Å²) >= 11 is 1.55. The number of hydrogen-bond acceptors (Lipinski definition) is 3. The highest BCUT2D eigenvalue weighted by molar-refractivity contribution is 7.99. The molecule has 0 aliphatic heterocycles. The van der Waals surface area contributed by atoms with E-state index >= 15 is 0 Å². The van der Waals surface area contributed by atoms with Crippen LogP contribution in [-0.2, 0) is 9.59 Å². The number of unbranched alkanes of at least 4 members (excludes halogenated alkanes) is 1. The van der Waals surface area contributed by atoms with Crippen molar-refractivity contribution in [3.63, 3.8) is 0 Å². The summed E-state index contributed by atoms with van der Waals surface area (Å²) < 4.78 is 0. The summed E-state index contributed by atoms with van der Waals surface area (Å²) in [6, 6.07) is 0. The molecule has 0 saturated carbocycles. The van der Waals surface area contributed by atoms with Crippen LogP contribution in [0.2, 0.25) is 0 Å². The molecule has 100 valence electrons. The predicted molar refractivity (Wildman–Crippen MR) is 71.3 cm³/mol. The number of aliphatic carboxylic acids is 1. The standard InChI is InChI=1S/C12H23NO3S/c1-4-6-8-17-9-10(14)13-12(3,7-5-2)11(15)16/h4-9H2,1-3H3,(H,13,14)(H,15,16). The average Bonchev–Trinajstić information content (AvgIpc) is 2.24. The van der Waals surface area contributed by atoms with Crippen molar-refractivity contribution in [1.29, 1.82) is 0 Å². The topological polar surface area (TPSA) is 66.4 Å². The van der Waals surface area contributed by atoms with Gasteiger partial charge in [-0.25, -0.2) is 4.79 Å². The number of nitrogens with one attached hydrogen (secondary N) is 1. The summed E-state index contributed by atoms with van der Waals surface area (Å²) in [4.78, 5) is 22.7. The van der Waals surface area contributed by atoms with Gasteiger partial charge in [-0.1, -0.05) is 26.7 Å². The fraction of sp³-hybridized carbons (Fsp3) is 0.833. The van der Waals surface area contributed by atoms with Crippen molar-refractivity contribution < 1.29 is 14.7 Å². The number of carboxylic acid groups (broad SMARTS) is 1. The van der Waals surface area contributed by atoms with Gasteiger partial charge in [0.1, 0.15) is 5.54 Å². The smallest absolute Gasteiger partial charge is 0.329 e. The van der Waals surface area contributed by atoms with Crippen LogP contribution in [-0.4, -0.2) is 34.0 Å². The lowest BCUT2D eigenvalue weighted by Crippen LogP contribution is -2.52. The van der Waals surface area contributed by atoms with Crippen LogP contribution < -0.4 is 5.32 Å². The first-order valence-electron chi connectivity index (χ1n) is 6.08. The fourth-order valence-corrected chi connectivity index (χ4v) is 2.37. The minimum Gasteiger partial charge on any atom is -0.480 e. The summed E-state index contributed by atoms with van der Waals surface area (Å²) in [5, 5.41) is 11.7. The lowest BCUT2D eigenvalue weighted by molar-refractivity contribution is -0.146. The molecule has 0 aliphatic rings. The molecule has 0 heterocycles. The molecule has 17 heavy (non-hydrogen) atoms. The van der Waals surface area contributed by atoms with Crippen LogP contribution in [0.3, 0.4) is 0 Å². The van der Waals surface area contributed by atoms with Crippen molar-refractivity contribution in [2.75, 3.05) is 11.5 Å². The van der Waals surface area contributed by atoms with Gasteiger partial charge in [-0.2, -0.15) is 11.8 Å². The lowest BCUT2D eigenvalue weighted by Gasteiger charge is -2.25. The number of carboxylic acids is 1. The van der Waals surface area contributed by atoms with E-state index < -0.39 is 11.5 Å². The van der Waals surface area contributed by atoms with E-state index in [1.54, 1.807) is 18.7 Å². The van der Waals surface area contributed by atoms with Crippen molar-refractivity contribution in [1.82, 2.24) is 5.32 Å². The molecule has 0 saturated heterocycles. The molecule has 1 atom stereocenters. The van der Waals surface area contributed by atoms with E-state index in [0.717, 1.165) is 25.0 Å². The second kappa shape index (κ2) is 8.39. The van der Waals surface area contributed by atoms with Gasteiger partial charge in [0.25, 0.3) is 0 Å². The first-order valence-corrected chi connectivity index (χ1v) is 7.24. The Labute approximate surface area is 108 Å². The predicted octanol–water partition coefficient (Wildman–Crippen LogP) is 2.28. The Morgan fingerprint density at radius 2 is 1.94 bits per heavy atom. The molecular weight excluding hydrogens is 238 g/mol. The minimum absolute atomic E-state index is 0.190. The van der Waals surface area contributed by atoms with Crippen molar-refractivity contribution in [3.05, 3.63) is 0 Å². The van der Waals surface area contributed by atoms with Gasteiger partial charge in [0.05, 0.1) is 5.75 Å². The summed E-state index contributed by atoms with van der Waals surface area (Å²) in [5.74, 6) is 0.129. The molecule has 2 N–H and O–H groups in total. The van der Waals surface area contributed by atoms with Gasteiger partial charge in [-0.15, -0.1) is 0 Å². The zero-order valence-corrected chi connectivity index (χ0v) is 11.7. The summed E-state index contributed by atoms with van der Waals surface area (Å²) in [7, 11) is 0. The Kier molecular flexibility index (Phi) is 8.04. The molecule has 4 nitrogen and oxygen atoms in total. The van der Waals surface area contributed by atoms with Crippen molar-refractivity contribution in [2.24, 2.45) is 0 Å². The first-order chi connectivity index (χ1) is 7.96. The summed E-state index contributed by atoms with van der Waals surface area (Å²) in [6.45, 7) is 5.57. The number of thioether (sulfide) groups is 1. The maximum absolute atomic E-state index is 11.6. The van der Waals surface area contributed by atoms with E-state index in [4.69, 9.17) is 5.11 Å². The van der Waals surface area contributed by atoms with E-state index in [0.29, 0.717) is 12.2 Å².